The van der Waals surface area contributed by atoms with Crippen LogP contribution in [0.3, 0.4) is 0 Å². The minimum Gasteiger partial charge on any atom is -0.481 e. The van der Waals surface area contributed by atoms with Crippen molar-refractivity contribution in [1.82, 2.24) is 16.0 Å². The van der Waals surface area contributed by atoms with Gasteiger partial charge in [0.15, 0.2) is 5.78 Å². The van der Waals surface area contributed by atoms with E-state index in [4.69, 9.17) is 0 Å². The van der Waals surface area contributed by atoms with E-state index in [9.17, 15) is 29.1 Å². The van der Waals surface area contributed by atoms with Crippen molar-refractivity contribution in [3.63, 3.8) is 0 Å². The molecular weight excluding hydrogens is 546 g/mol. The highest BCUT2D eigenvalue weighted by molar-refractivity contribution is 5.86. The SMILES string of the molecule is CCCCCCCCCCCCCCCC(=O)C[C@@H](CCC(=O)NCCCC[C@H](NCC)C(=O)CNCC(C)=O)C(=O)O. The molecule has 0 aromatic carbocycles. The first-order valence-corrected chi connectivity index (χ1v) is 17.2. The predicted molar refractivity (Wildman–Crippen MR) is 173 cm³/mol. The monoisotopic (exact) mass is 609 g/mol. The summed E-state index contributed by atoms with van der Waals surface area (Å²) in [5.41, 5.74) is 0. The number of hydrogen-bond acceptors (Lipinski definition) is 7. The first-order valence-electron chi connectivity index (χ1n) is 17.2. The molecule has 2 atom stereocenters. The molecule has 0 aromatic rings. The second-order valence-electron chi connectivity index (χ2n) is 12.0. The lowest BCUT2D eigenvalue weighted by Gasteiger charge is -2.17. The molecule has 9 nitrogen and oxygen atoms in total. The van der Waals surface area contributed by atoms with Gasteiger partial charge in [-0.25, -0.2) is 0 Å². The summed E-state index contributed by atoms with van der Waals surface area (Å²) in [6.07, 6.45) is 18.8. The molecular formula is C34H63N3O6. The standard InChI is InChI=1S/C34H63N3O6/c1-4-6-7-8-9-10-11-12-13-14-15-16-17-20-30(39)25-29(34(42)43)22-23-33(41)37-24-19-18-21-31(36-5-2)32(40)27-35-26-28(3)38/h29,31,35-36H,4-27H2,1-3H3,(H,37,41)(H,42,43)/t29-,31+/m1/s1. The van der Waals surface area contributed by atoms with Crippen LogP contribution in [-0.4, -0.2) is 66.6 Å². The number of carbonyl (C=O) groups excluding carboxylic acids is 4. The van der Waals surface area contributed by atoms with Crippen LogP contribution in [-0.2, 0) is 24.0 Å². The Bertz CT molecular complexity index is 773. The quantitative estimate of drug-likeness (QED) is 0.0689. The van der Waals surface area contributed by atoms with E-state index >= 15 is 0 Å². The van der Waals surface area contributed by atoms with E-state index in [0.29, 0.717) is 32.4 Å². The van der Waals surface area contributed by atoms with E-state index in [2.05, 4.69) is 22.9 Å². The molecule has 0 heterocycles. The van der Waals surface area contributed by atoms with Gasteiger partial charge >= 0.3 is 5.97 Å². The van der Waals surface area contributed by atoms with Gasteiger partial charge in [0.1, 0.15) is 11.6 Å². The largest absolute Gasteiger partial charge is 0.481 e. The number of carboxylic acids is 1. The molecule has 0 aromatic heterocycles. The van der Waals surface area contributed by atoms with Gasteiger partial charge in [0, 0.05) is 25.8 Å². The number of Topliss-reactive ketones (excluding diaryl/α,β-unsaturated/α-hetero) is 3. The van der Waals surface area contributed by atoms with Gasteiger partial charge in [0.25, 0.3) is 0 Å². The lowest BCUT2D eigenvalue weighted by atomic mass is 9.94. The summed E-state index contributed by atoms with van der Waals surface area (Å²) in [7, 11) is 0. The minimum atomic E-state index is -1.02. The maximum Gasteiger partial charge on any atom is 0.306 e. The Balaban J connectivity index is 3.99. The number of ketones is 3. The van der Waals surface area contributed by atoms with Crippen LogP contribution in [0.15, 0.2) is 0 Å². The van der Waals surface area contributed by atoms with E-state index in [1.807, 2.05) is 6.92 Å². The van der Waals surface area contributed by atoms with Gasteiger partial charge in [0.05, 0.1) is 25.0 Å². The van der Waals surface area contributed by atoms with Crippen LogP contribution in [0.2, 0.25) is 0 Å². The van der Waals surface area contributed by atoms with Gasteiger partial charge in [0.2, 0.25) is 5.91 Å². The van der Waals surface area contributed by atoms with Crippen LogP contribution in [0.4, 0.5) is 0 Å². The highest BCUT2D eigenvalue weighted by atomic mass is 16.4. The van der Waals surface area contributed by atoms with Crippen LogP contribution in [0.1, 0.15) is 149 Å². The van der Waals surface area contributed by atoms with Crippen LogP contribution < -0.4 is 16.0 Å². The number of nitrogens with one attached hydrogen (secondary N) is 3. The third kappa shape index (κ3) is 26.0. The Morgan fingerprint density at radius 3 is 1.79 bits per heavy atom. The highest BCUT2D eigenvalue weighted by Crippen LogP contribution is 2.17. The maximum absolute atomic E-state index is 12.4. The number of carbonyl (C=O) groups is 5. The number of unbranched alkanes of at least 4 members (excludes halogenated alkanes) is 13. The second-order valence-corrected chi connectivity index (χ2v) is 12.0. The molecule has 0 spiro atoms. The summed E-state index contributed by atoms with van der Waals surface area (Å²) in [5.74, 6) is -2.11. The lowest BCUT2D eigenvalue weighted by molar-refractivity contribution is -0.144. The fourth-order valence-electron chi connectivity index (χ4n) is 5.23. The minimum absolute atomic E-state index is 0.00970. The van der Waals surface area contributed by atoms with E-state index in [1.165, 1.54) is 71.1 Å². The smallest absolute Gasteiger partial charge is 0.306 e. The molecule has 0 unspecified atom stereocenters. The summed E-state index contributed by atoms with van der Waals surface area (Å²) >= 11 is 0. The second kappa shape index (κ2) is 28.6. The van der Waals surface area contributed by atoms with Gasteiger partial charge in [-0.3, -0.25) is 24.0 Å². The number of carboxylic acid groups (broad SMARTS) is 1. The molecule has 43 heavy (non-hydrogen) atoms. The van der Waals surface area contributed by atoms with Crippen molar-refractivity contribution in [3.8, 4) is 0 Å². The molecule has 0 saturated carbocycles. The zero-order valence-electron chi connectivity index (χ0n) is 27.6. The van der Waals surface area contributed by atoms with Gasteiger partial charge in [-0.15, -0.1) is 0 Å². The topological polar surface area (TPSA) is 142 Å². The van der Waals surface area contributed by atoms with E-state index in [0.717, 1.165) is 25.7 Å². The summed E-state index contributed by atoms with van der Waals surface area (Å²) < 4.78 is 0. The highest BCUT2D eigenvalue weighted by Gasteiger charge is 2.22. The normalized spacial score (nSPS) is 12.5. The zero-order chi connectivity index (χ0) is 32.1. The molecule has 4 N–H and O–H groups in total. The number of hydrogen-bond donors (Lipinski definition) is 4. The molecule has 0 bridgehead atoms. The van der Waals surface area contributed by atoms with Gasteiger partial charge in [-0.05, 0) is 45.6 Å². The molecule has 0 aliphatic carbocycles. The molecule has 9 heteroatoms. The summed E-state index contributed by atoms with van der Waals surface area (Å²) in [4.78, 5) is 59.7. The lowest BCUT2D eigenvalue weighted by Crippen LogP contribution is -2.42. The maximum atomic E-state index is 12.4. The number of aliphatic carboxylic acids is 1. The van der Waals surface area contributed by atoms with E-state index in [1.54, 1.807) is 0 Å². The fraction of sp³-hybridized carbons (Fsp3) is 0.853. The fourth-order valence-corrected chi connectivity index (χ4v) is 5.23. The Labute approximate surface area is 261 Å². The predicted octanol–water partition coefficient (Wildman–Crippen LogP) is 5.92. The average Bonchev–Trinajstić information content (AvgIpc) is 2.96. The molecule has 0 radical (unpaired) electrons. The van der Waals surface area contributed by atoms with Crippen molar-refractivity contribution < 1.29 is 29.1 Å². The number of likely N-dealkylation sites (N-methyl/N-ethyl adjacent to an activating group) is 1. The average molecular weight is 610 g/mol. The van der Waals surface area contributed by atoms with Crippen molar-refractivity contribution in [3.05, 3.63) is 0 Å². The van der Waals surface area contributed by atoms with Crippen LogP contribution in [0, 0.1) is 5.92 Å². The van der Waals surface area contributed by atoms with Gasteiger partial charge in [-0.1, -0.05) is 90.9 Å². The van der Waals surface area contributed by atoms with Crippen LogP contribution >= 0.6 is 0 Å². The van der Waals surface area contributed by atoms with Gasteiger partial charge < -0.3 is 21.1 Å². The van der Waals surface area contributed by atoms with Crippen molar-refractivity contribution in [1.29, 1.82) is 0 Å². The van der Waals surface area contributed by atoms with Crippen LogP contribution in [0.5, 0.6) is 0 Å². The van der Waals surface area contributed by atoms with Crippen molar-refractivity contribution in [2.45, 2.75) is 155 Å². The Morgan fingerprint density at radius 1 is 0.674 bits per heavy atom. The molecule has 0 aliphatic rings. The molecule has 250 valence electrons. The summed E-state index contributed by atoms with van der Waals surface area (Å²) in [5, 5.41) is 18.4. The zero-order valence-corrected chi connectivity index (χ0v) is 27.6. The van der Waals surface area contributed by atoms with E-state index in [-0.39, 0.29) is 61.7 Å². The third-order valence-electron chi connectivity index (χ3n) is 7.86. The van der Waals surface area contributed by atoms with E-state index < -0.39 is 11.9 Å². The summed E-state index contributed by atoms with van der Waals surface area (Å²) in [6.45, 7) is 7.07. The molecule has 1 amide bonds. The Kier molecular flexibility index (Phi) is 27.2. The molecule has 0 aliphatic heterocycles. The molecule has 0 fully saturated rings. The molecule has 0 rings (SSSR count). The summed E-state index contributed by atoms with van der Waals surface area (Å²) in [6, 6.07) is -0.297. The van der Waals surface area contributed by atoms with Gasteiger partial charge in [-0.2, -0.15) is 0 Å². The number of amides is 1. The first-order chi connectivity index (χ1) is 20.7. The van der Waals surface area contributed by atoms with Crippen molar-refractivity contribution >= 4 is 29.2 Å². The Hall–Kier alpha value is -2.13. The Morgan fingerprint density at radius 2 is 1.26 bits per heavy atom. The molecule has 0 saturated heterocycles. The number of rotatable bonds is 32. The third-order valence-corrected chi connectivity index (χ3v) is 7.86. The first kappa shape index (κ1) is 40.9. The van der Waals surface area contributed by atoms with Crippen molar-refractivity contribution in [2.24, 2.45) is 5.92 Å². The van der Waals surface area contributed by atoms with Crippen LogP contribution in [0.25, 0.3) is 0 Å². The van der Waals surface area contributed by atoms with Crippen molar-refractivity contribution in [2.75, 3.05) is 26.2 Å².